The van der Waals surface area contributed by atoms with E-state index in [0.29, 0.717) is 39.4 Å². The highest BCUT2D eigenvalue weighted by molar-refractivity contribution is 6.42. The van der Waals surface area contributed by atoms with Crippen molar-refractivity contribution in [2.75, 3.05) is 12.1 Å². The summed E-state index contributed by atoms with van der Waals surface area (Å²) < 4.78 is 10.5. The first-order valence-corrected chi connectivity index (χ1v) is 8.24. The summed E-state index contributed by atoms with van der Waals surface area (Å²) >= 11 is 11.9. The van der Waals surface area contributed by atoms with Crippen LogP contribution in [0, 0.1) is 0 Å². The number of carbonyl (C=O) groups is 1. The van der Waals surface area contributed by atoms with E-state index in [2.05, 4.69) is 10.5 Å². The normalized spacial score (nSPS) is 17.8. The van der Waals surface area contributed by atoms with Crippen LogP contribution in [-0.2, 0) is 9.63 Å². The zero-order valence-corrected chi connectivity index (χ0v) is 14.3. The topological polar surface area (TPSA) is 69.2 Å². The van der Waals surface area contributed by atoms with Crippen molar-refractivity contribution in [3.8, 4) is 11.5 Å². The summed E-state index contributed by atoms with van der Waals surface area (Å²) in [6.45, 7) is 0.180. The molecule has 2 aromatic rings. The van der Waals surface area contributed by atoms with Gasteiger partial charge in [0.15, 0.2) is 11.5 Å². The Hall–Kier alpha value is -2.44. The number of ether oxygens (including phenoxy) is 2. The predicted molar refractivity (Wildman–Crippen MR) is 93.7 cm³/mol. The van der Waals surface area contributed by atoms with E-state index < -0.39 is 6.10 Å². The van der Waals surface area contributed by atoms with Crippen LogP contribution in [0.1, 0.15) is 12.0 Å². The first kappa shape index (κ1) is 16.1. The summed E-state index contributed by atoms with van der Waals surface area (Å²) in [6.07, 6.45) is -0.371. The Balaban J connectivity index is 1.42. The largest absolute Gasteiger partial charge is 0.454 e. The number of nitrogens with one attached hydrogen (secondary N) is 1. The monoisotopic (exact) mass is 378 g/mol. The van der Waals surface area contributed by atoms with Crippen molar-refractivity contribution in [3.63, 3.8) is 0 Å². The van der Waals surface area contributed by atoms with Gasteiger partial charge in [-0.3, -0.25) is 4.79 Å². The maximum Gasteiger partial charge on any atom is 0.268 e. The molecule has 0 bridgehead atoms. The molecular formula is C17H12Cl2N2O4. The molecule has 8 heteroatoms. The summed E-state index contributed by atoms with van der Waals surface area (Å²) in [6, 6.07) is 10.3. The Morgan fingerprint density at radius 1 is 1.08 bits per heavy atom. The van der Waals surface area contributed by atoms with E-state index in [9.17, 15) is 4.79 Å². The zero-order chi connectivity index (χ0) is 17.4. The Morgan fingerprint density at radius 3 is 2.76 bits per heavy atom. The van der Waals surface area contributed by atoms with Crippen molar-refractivity contribution in [2.24, 2.45) is 5.16 Å². The van der Waals surface area contributed by atoms with Crippen LogP contribution < -0.4 is 14.8 Å². The van der Waals surface area contributed by atoms with Crippen molar-refractivity contribution < 1.29 is 19.1 Å². The first-order valence-electron chi connectivity index (χ1n) is 7.49. The standard InChI is InChI=1S/C17H12Cl2N2O4/c18-11-3-1-9(5-12(11)19)13-7-16(25-21-13)17(22)20-10-2-4-14-15(6-10)24-8-23-14/h1-6,16H,7-8H2,(H,20,22). The lowest BCUT2D eigenvalue weighted by molar-refractivity contribution is -0.125. The molecule has 0 fully saturated rings. The Labute approximate surface area is 153 Å². The van der Waals surface area contributed by atoms with Crippen molar-refractivity contribution in [1.82, 2.24) is 0 Å². The average Bonchev–Trinajstić information content (AvgIpc) is 3.26. The van der Waals surface area contributed by atoms with Gasteiger partial charge in [0.05, 0.1) is 15.8 Å². The van der Waals surface area contributed by atoms with Crippen molar-refractivity contribution in [2.45, 2.75) is 12.5 Å². The fourth-order valence-electron chi connectivity index (χ4n) is 2.56. The van der Waals surface area contributed by atoms with Crippen LogP contribution in [0.2, 0.25) is 10.0 Å². The lowest BCUT2D eigenvalue weighted by Crippen LogP contribution is -2.28. The van der Waals surface area contributed by atoms with Crippen molar-refractivity contribution in [1.29, 1.82) is 0 Å². The number of hydrogen-bond acceptors (Lipinski definition) is 5. The second-order valence-electron chi connectivity index (χ2n) is 5.52. The molecule has 1 N–H and O–H groups in total. The third-order valence-corrected chi connectivity index (χ3v) is 4.59. The third kappa shape index (κ3) is 3.23. The zero-order valence-electron chi connectivity index (χ0n) is 12.8. The summed E-state index contributed by atoms with van der Waals surface area (Å²) in [5.74, 6) is 0.955. The molecular weight excluding hydrogens is 367 g/mol. The van der Waals surface area contributed by atoms with E-state index in [-0.39, 0.29) is 12.7 Å². The number of oxime groups is 1. The van der Waals surface area contributed by atoms with E-state index in [4.69, 9.17) is 37.5 Å². The van der Waals surface area contributed by atoms with Crippen molar-refractivity contribution >= 4 is 40.5 Å². The highest BCUT2D eigenvalue weighted by atomic mass is 35.5. The average molecular weight is 379 g/mol. The van der Waals surface area contributed by atoms with Crippen molar-refractivity contribution in [3.05, 3.63) is 52.0 Å². The van der Waals surface area contributed by atoms with Gasteiger partial charge >= 0.3 is 0 Å². The van der Waals surface area contributed by atoms with E-state index in [1.165, 1.54) is 0 Å². The minimum absolute atomic E-state index is 0.180. The molecule has 2 aliphatic heterocycles. The molecule has 0 saturated heterocycles. The van der Waals surface area contributed by atoms with Gasteiger partial charge in [-0.05, 0) is 24.3 Å². The van der Waals surface area contributed by atoms with E-state index in [1.54, 1.807) is 36.4 Å². The Morgan fingerprint density at radius 2 is 1.92 bits per heavy atom. The molecule has 1 amide bonds. The number of fused-ring (bicyclic) bond motifs is 1. The van der Waals surface area contributed by atoms with Gasteiger partial charge in [0.2, 0.25) is 12.9 Å². The minimum Gasteiger partial charge on any atom is -0.454 e. The minimum atomic E-state index is -0.713. The SMILES string of the molecule is O=C(Nc1ccc2c(c1)OCO2)C1CC(c2ccc(Cl)c(Cl)c2)=NO1. The Bertz CT molecular complexity index is 885. The number of hydrogen-bond donors (Lipinski definition) is 1. The molecule has 4 rings (SSSR count). The molecule has 128 valence electrons. The molecule has 0 radical (unpaired) electrons. The van der Waals surface area contributed by atoms with Gasteiger partial charge in [-0.2, -0.15) is 0 Å². The molecule has 6 nitrogen and oxygen atoms in total. The molecule has 1 unspecified atom stereocenters. The van der Waals surface area contributed by atoms with Crippen LogP contribution in [-0.4, -0.2) is 24.5 Å². The van der Waals surface area contributed by atoms with E-state index in [1.807, 2.05) is 0 Å². The second kappa shape index (κ2) is 6.46. The van der Waals surface area contributed by atoms with Crippen LogP contribution in [0.15, 0.2) is 41.6 Å². The van der Waals surface area contributed by atoms with Gasteiger partial charge in [-0.15, -0.1) is 0 Å². The summed E-state index contributed by atoms with van der Waals surface area (Å²) in [5, 5.41) is 7.66. The van der Waals surface area contributed by atoms with Gasteiger partial charge in [-0.25, -0.2) is 0 Å². The highest BCUT2D eigenvalue weighted by Crippen LogP contribution is 2.34. The van der Waals surface area contributed by atoms with Crippen LogP contribution in [0.25, 0.3) is 0 Å². The van der Waals surface area contributed by atoms with Gasteiger partial charge in [0, 0.05) is 23.7 Å². The number of rotatable bonds is 3. The second-order valence-corrected chi connectivity index (χ2v) is 6.34. The number of nitrogens with zero attached hydrogens (tertiary/aromatic N) is 1. The smallest absolute Gasteiger partial charge is 0.268 e. The van der Waals surface area contributed by atoms with Crippen LogP contribution >= 0.6 is 23.2 Å². The maximum absolute atomic E-state index is 12.4. The van der Waals surface area contributed by atoms with Gasteiger partial charge in [0.25, 0.3) is 5.91 Å². The predicted octanol–water partition coefficient (Wildman–Crippen LogP) is 3.85. The number of carbonyl (C=O) groups excluding carboxylic acids is 1. The fraction of sp³-hybridized carbons (Fsp3) is 0.176. The summed E-state index contributed by atoms with van der Waals surface area (Å²) in [5.41, 5.74) is 2.01. The fourth-order valence-corrected chi connectivity index (χ4v) is 2.86. The molecule has 0 aliphatic carbocycles. The van der Waals surface area contributed by atoms with Gasteiger partial charge < -0.3 is 19.6 Å². The Kier molecular flexibility index (Phi) is 4.15. The van der Waals surface area contributed by atoms with Gasteiger partial charge in [0.1, 0.15) is 0 Å². The first-order chi connectivity index (χ1) is 12.1. The lowest BCUT2D eigenvalue weighted by Gasteiger charge is -2.10. The quantitative estimate of drug-likeness (QED) is 0.880. The number of halogens is 2. The molecule has 0 spiro atoms. The maximum atomic E-state index is 12.4. The molecule has 0 aromatic heterocycles. The van der Waals surface area contributed by atoms with Crippen LogP contribution in [0.4, 0.5) is 5.69 Å². The molecule has 0 saturated carbocycles. The van der Waals surface area contributed by atoms with Gasteiger partial charge in [-0.1, -0.05) is 34.4 Å². The van der Waals surface area contributed by atoms with E-state index in [0.717, 1.165) is 5.56 Å². The van der Waals surface area contributed by atoms with Crippen LogP contribution in [0.5, 0.6) is 11.5 Å². The highest BCUT2D eigenvalue weighted by Gasteiger charge is 2.29. The summed E-state index contributed by atoms with van der Waals surface area (Å²) in [7, 11) is 0. The number of amides is 1. The molecule has 2 heterocycles. The molecule has 2 aliphatic rings. The lowest BCUT2D eigenvalue weighted by atomic mass is 10.0. The number of anilines is 1. The third-order valence-electron chi connectivity index (χ3n) is 3.85. The number of benzene rings is 2. The summed E-state index contributed by atoms with van der Waals surface area (Å²) in [4.78, 5) is 17.6. The molecule has 2 aromatic carbocycles. The van der Waals surface area contributed by atoms with E-state index >= 15 is 0 Å². The van der Waals surface area contributed by atoms with Crippen LogP contribution in [0.3, 0.4) is 0 Å². The molecule has 1 atom stereocenters. The molecule has 25 heavy (non-hydrogen) atoms.